The van der Waals surface area contributed by atoms with Crippen LogP contribution in [0.15, 0.2) is 35.7 Å². The largest absolute Gasteiger partial charge is 0.496 e. The number of methoxy groups -OCH3 is 1. The van der Waals surface area contributed by atoms with Crippen molar-refractivity contribution in [2.45, 2.75) is 20.0 Å². The van der Waals surface area contributed by atoms with Gasteiger partial charge in [0.2, 0.25) is 0 Å². The van der Waals surface area contributed by atoms with Gasteiger partial charge in [0.15, 0.2) is 0 Å². The Balaban J connectivity index is 1.82. The van der Waals surface area contributed by atoms with Crippen molar-refractivity contribution in [2.24, 2.45) is 0 Å². The van der Waals surface area contributed by atoms with Gasteiger partial charge >= 0.3 is 6.03 Å². The van der Waals surface area contributed by atoms with E-state index in [2.05, 4.69) is 16.7 Å². The monoisotopic (exact) mass is 290 g/mol. The minimum absolute atomic E-state index is 0.177. The van der Waals surface area contributed by atoms with E-state index in [-0.39, 0.29) is 6.03 Å². The first-order chi connectivity index (χ1) is 9.70. The highest BCUT2D eigenvalue weighted by Gasteiger charge is 2.05. The van der Waals surface area contributed by atoms with Crippen LogP contribution in [0.1, 0.15) is 16.0 Å². The van der Waals surface area contributed by atoms with E-state index in [0.29, 0.717) is 13.1 Å². The fourth-order valence-corrected chi connectivity index (χ4v) is 2.68. The van der Waals surface area contributed by atoms with E-state index in [1.807, 2.05) is 36.6 Å². The van der Waals surface area contributed by atoms with Gasteiger partial charge in [0.05, 0.1) is 13.7 Å². The molecule has 0 aliphatic carbocycles. The summed E-state index contributed by atoms with van der Waals surface area (Å²) in [7, 11) is 1.62. The second-order valence-electron chi connectivity index (χ2n) is 4.37. The maximum Gasteiger partial charge on any atom is 0.315 e. The van der Waals surface area contributed by atoms with Crippen LogP contribution in [0.2, 0.25) is 0 Å². The molecule has 1 heterocycles. The van der Waals surface area contributed by atoms with Crippen LogP contribution < -0.4 is 15.4 Å². The highest BCUT2D eigenvalue weighted by Crippen LogP contribution is 2.17. The van der Waals surface area contributed by atoms with Gasteiger partial charge in [-0.3, -0.25) is 0 Å². The van der Waals surface area contributed by atoms with E-state index in [9.17, 15) is 4.79 Å². The number of amides is 2. The lowest BCUT2D eigenvalue weighted by atomic mass is 10.2. The second-order valence-corrected chi connectivity index (χ2v) is 5.38. The van der Waals surface area contributed by atoms with Gasteiger partial charge in [0.25, 0.3) is 0 Å². The smallest absolute Gasteiger partial charge is 0.315 e. The standard InChI is InChI=1S/C15H18N2O2S/c1-11-7-8-20-14(11)10-17-15(18)16-9-12-5-3-4-6-13(12)19-2/h3-8H,9-10H2,1-2H3,(H2,16,17,18). The molecular weight excluding hydrogens is 272 g/mol. The number of rotatable bonds is 5. The van der Waals surface area contributed by atoms with Crippen molar-refractivity contribution in [1.82, 2.24) is 10.6 Å². The van der Waals surface area contributed by atoms with Crippen molar-refractivity contribution in [1.29, 1.82) is 0 Å². The summed E-state index contributed by atoms with van der Waals surface area (Å²) in [6, 6.07) is 9.51. The predicted octanol–water partition coefficient (Wildman–Crippen LogP) is 3.06. The maximum atomic E-state index is 11.8. The molecule has 20 heavy (non-hydrogen) atoms. The van der Waals surface area contributed by atoms with E-state index in [1.165, 1.54) is 10.4 Å². The molecule has 0 radical (unpaired) electrons. The summed E-state index contributed by atoms with van der Waals surface area (Å²) in [6.45, 7) is 3.04. The lowest BCUT2D eigenvalue weighted by Crippen LogP contribution is -2.34. The number of carbonyl (C=O) groups excluding carboxylic acids is 1. The summed E-state index contributed by atoms with van der Waals surface area (Å²) in [5.74, 6) is 0.780. The molecule has 0 aliphatic rings. The number of benzene rings is 1. The second kappa shape index (κ2) is 6.96. The number of carbonyl (C=O) groups is 1. The number of aryl methyl sites for hydroxylation is 1. The predicted molar refractivity (Wildman–Crippen MR) is 81.1 cm³/mol. The molecule has 0 aliphatic heterocycles. The van der Waals surface area contributed by atoms with Crippen molar-refractivity contribution in [2.75, 3.05) is 7.11 Å². The highest BCUT2D eigenvalue weighted by atomic mass is 32.1. The van der Waals surface area contributed by atoms with Crippen molar-refractivity contribution >= 4 is 17.4 Å². The molecule has 0 saturated carbocycles. The van der Waals surface area contributed by atoms with E-state index < -0.39 is 0 Å². The Bertz CT molecular complexity index is 581. The zero-order valence-corrected chi connectivity index (χ0v) is 12.4. The Morgan fingerprint density at radius 1 is 1.20 bits per heavy atom. The lowest BCUT2D eigenvalue weighted by molar-refractivity contribution is 0.240. The molecule has 4 nitrogen and oxygen atoms in total. The van der Waals surface area contributed by atoms with E-state index in [1.54, 1.807) is 18.4 Å². The van der Waals surface area contributed by atoms with Crippen LogP contribution in [-0.2, 0) is 13.1 Å². The van der Waals surface area contributed by atoms with E-state index >= 15 is 0 Å². The number of nitrogens with one attached hydrogen (secondary N) is 2. The third-order valence-electron chi connectivity index (χ3n) is 3.01. The SMILES string of the molecule is COc1ccccc1CNC(=O)NCc1sccc1C. The van der Waals surface area contributed by atoms with Crippen molar-refractivity contribution < 1.29 is 9.53 Å². The Hall–Kier alpha value is -2.01. The van der Waals surface area contributed by atoms with Crippen LogP contribution in [-0.4, -0.2) is 13.1 Å². The molecule has 1 aromatic heterocycles. The van der Waals surface area contributed by atoms with Crippen molar-refractivity contribution in [3.05, 3.63) is 51.7 Å². The molecule has 5 heteroatoms. The zero-order chi connectivity index (χ0) is 14.4. The number of urea groups is 1. The third kappa shape index (κ3) is 3.74. The van der Waals surface area contributed by atoms with Crippen molar-refractivity contribution in [3.63, 3.8) is 0 Å². The number of ether oxygens (including phenoxy) is 1. The highest BCUT2D eigenvalue weighted by molar-refractivity contribution is 7.10. The van der Waals surface area contributed by atoms with Gasteiger partial charge in [-0.05, 0) is 30.0 Å². The summed E-state index contributed by atoms with van der Waals surface area (Å²) in [6.07, 6.45) is 0. The van der Waals surface area contributed by atoms with Crippen LogP contribution >= 0.6 is 11.3 Å². The molecule has 106 valence electrons. The minimum Gasteiger partial charge on any atom is -0.496 e. The fraction of sp³-hybridized carbons (Fsp3) is 0.267. The minimum atomic E-state index is -0.177. The molecule has 1 aromatic carbocycles. The number of hydrogen-bond acceptors (Lipinski definition) is 3. The lowest BCUT2D eigenvalue weighted by Gasteiger charge is -2.10. The van der Waals surface area contributed by atoms with E-state index in [4.69, 9.17) is 4.74 Å². The van der Waals surface area contributed by atoms with Gasteiger partial charge in [-0.25, -0.2) is 4.79 Å². The Morgan fingerprint density at radius 2 is 1.95 bits per heavy atom. The van der Waals surface area contributed by atoms with Gasteiger partial charge in [0.1, 0.15) is 5.75 Å². The summed E-state index contributed by atoms with van der Waals surface area (Å²) >= 11 is 1.65. The normalized spacial score (nSPS) is 10.1. The van der Waals surface area contributed by atoms with Gasteiger partial charge in [-0.1, -0.05) is 18.2 Å². The molecule has 2 rings (SSSR count). The molecule has 0 fully saturated rings. The summed E-state index contributed by atoms with van der Waals surface area (Å²) in [5.41, 5.74) is 2.16. The average Bonchev–Trinajstić information content (AvgIpc) is 2.88. The molecule has 0 unspecified atom stereocenters. The fourth-order valence-electron chi connectivity index (χ4n) is 1.83. The average molecular weight is 290 g/mol. The molecule has 0 saturated heterocycles. The van der Waals surface area contributed by atoms with E-state index in [0.717, 1.165) is 11.3 Å². The quantitative estimate of drug-likeness (QED) is 0.889. The topological polar surface area (TPSA) is 50.4 Å². The molecular formula is C15H18N2O2S. The van der Waals surface area contributed by atoms with Gasteiger partial charge in [-0.2, -0.15) is 0 Å². The maximum absolute atomic E-state index is 11.8. The molecule has 0 spiro atoms. The molecule has 0 bridgehead atoms. The van der Waals surface area contributed by atoms with Gasteiger partial charge in [-0.15, -0.1) is 11.3 Å². The first-order valence-corrected chi connectivity index (χ1v) is 7.25. The molecule has 2 N–H and O–H groups in total. The first-order valence-electron chi connectivity index (χ1n) is 6.37. The summed E-state index contributed by atoms with van der Waals surface area (Å²) in [5, 5.41) is 7.71. The van der Waals surface area contributed by atoms with Crippen molar-refractivity contribution in [3.8, 4) is 5.75 Å². The Kier molecular flexibility index (Phi) is 5.01. The van der Waals surface area contributed by atoms with Gasteiger partial charge < -0.3 is 15.4 Å². The van der Waals surface area contributed by atoms with Crippen LogP contribution in [0.25, 0.3) is 0 Å². The van der Waals surface area contributed by atoms with Crippen LogP contribution in [0.5, 0.6) is 5.75 Å². The van der Waals surface area contributed by atoms with Crippen LogP contribution in [0, 0.1) is 6.92 Å². The molecule has 0 atom stereocenters. The van der Waals surface area contributed by atoms with Crippen LogP contribution in [0.3, 0.4) is 0 Å². The Morgan fingerprint density at radius 3 is 2.65 bits per heavy atom. The van der Waals surface area contributed by atoms with Crippen LogP contribution in [0.4, 0.5) is 4.79 Å². The summed E-state index contributed by atoms with van der Waals surface area (Å²) in [4.78, 5) is 12.9. The number of thiophene rings is 1. The third-order valence-corrected chi connectivity index (χ3v) is 4.03. The molecule has 2 aromatic rings. The molecule has 2 amide bonds. The Labute approximate surface area is 122 Å². The number of para-hydroxylation sites is 1. The zero-order valence-electron chi connectivity index (χ0n) is 11.6. The van der Waals surface area contributed by atoms with Gasteiger partial charge in [0, 0.05) is 17.0 Å². The number of hydrogen-bond donors (Lipinski definition) is 2. The summed E-state index contributed by atoms with van der Waals surface area (Å²) < 4.78 is 5.24. The first kappa shape index (κ1) is 14.4.